The lowest BCUT2D eigenvalue weighted by molar-refractivity contribution is -0.121. The summed E-state index contributed by atoms with van der Waals surface area (Å²) in [5, 5.41) is 2.94. The highest BCUT2D eigenvalue weighted by Crippen LogP contribution is 2.17. The Labute approximate surface area is 142 Å². The Bertz CT molecular complexity index is 648. The summed E-state index contributed by atoms with van der Waals surface area (Å²) >= 11 is 0. The van der Waals surface area contributed by atoms with Gasteiger partial charge in [0.25, 0.3) is 0 Å². The molecule has 0 aliphatic rings. The maximum atomic E-state index is 12.1. The average molecular weight is 328 g/mol. The number of carbonyl (C=O) groups is 1. The minimum absolute atomic E-state index is 0.0163. The van der Waals surface area contributed by atoms with Gasteiger partial charge in [0.05, 0.1) is 12.8 Å². The Morgan fingerprint density at radius 3 is 2.83 bits per heavy atom. The fourth-order valence-corrected chi connectivity index (χ4v) is 2.38. The van der Waals surface area contributed by atoms with Crippen molar-refractivity contribution in [2.75, 3.05) is 20.7 Å². The van der Waals surface area contributed by atoms with Crippen LogP contribution in [0.15, 0.2) is 42.9 Å². The quantitative estimate of drug-likeness (QED) is 0.804. The van der Waals surface area contributed by atoms with Crippen LogP contribution in [0.4, 0.5) is 0 Å². The molecule has 1 atom stereocenters. The maximum absolute atomic E-state index is 12.1. The number of nitrogens with zero attached hydrogens (tertiary/aromatic N) is 3. The van der Waals surface area contributed by atoms with E-state index in [9.17, 15) is 4.79 Å². The number of carbonyl (C=O) groups excluding carboxylic acids is 1. The molecular formula is C18H24N4O2. The molecule has 0 aliphatic heterocycles. The summed E-state index contributed by atoms with van der Waals surface area (Å²) in [5.41, 5.74) is 1.91. The van der Waals surface area contributed by atoms with Crippen LogP contribution in [0.5, 0.6) is 5.75 Å². The number of amides is 1. The van der Waals surface area contributed by atoms with Crippen molar-refractivity contribution in [3.8, 4) is 5.75 Å². The normalized spacial score (nSPS) is 12.0. The zero-order valence-electron chi connectivity index (χ0n) is 14.4. The van der Waals surface area contributed by atoms with Crippen LogP contribution in [-0.4, -0.2) is 41.5 Å². The first-order valence-electron chi connectivity index (χ1n) is 7.96. The molecule has 0 saturated carbocycles. The van der Waals surface area contributed by atoms with Gasteiger partial charge in [-0.05, 0) is 26.1 Å². The molecule has 6 nitrogen and oxygen atoms in total. The van der Waals surface area contributed by atoms with Crippen LogP contribution in [0.3, 0.4) is 0 Å². The lowest BCUT2D eigenvalue weighted by atomic mass is 10.2. The molecule has 1 N–H and O–H groups in total. The molecular weight excluding hydrogens is 304 g/mol. The molecule has 2 rings (SSSR count). The first-order chi connectivity index (χ1) is 11.6. The van der Waals surface area contributed by atoms with Crippen LogP contribution < -0.4 is 10.1 Å². The van der Waals surface area contributed by atoms with E-state index in [1.165, 1.54) is 0 Å². The van der Waals surface area contributed by atoms with Gasteiger partial charge in [-0.3, -0.25) is 9.69 Å². The number of aromatic nitrogens is 2. The number of benzene rings is 1. The van der Waals surface area contributed by atoms with Gasteiger partial charge in [-0.25, -0.2) is 9.97 Å². The Kier molecular flexibility index (Phi) is 6.69. The highest BCUT2D eigenvalue weighted by atomic mass is 16.5. The van der Waals surface area contributed by atoms with Crippen LogP contribution in [-0.2, 0) is 11.3 Å². The summed E-state index contributed by atoms with van der Waals surface area (Å²) in [5.74, 6) is 0.801. The summed E-state index contributed by atoms with van der Waals surface area (Å²) in [6, 6.07) is 9.70. The van der Waals surface area contributed by atoms with E-state index in [1.807, 2.05) is 37.4 Å². The lowest BCUT2D eigenvalue weighted by Crippen LogP contribution is -2.30. The van der Waals surface area contributed by atoms with Crippen molar-refractivity contribution in [2.45, 2.75) is 25.9 Å². The predicted octanol–water partition coefficient (Wildman–Crippen LogP) is 2.18. The van der Waals surface area contributed by atoms with Crippen molar-refractivity contribution < 1.29 is 9.53 Å². The van der Waals surface area contributed by atoms with Crippen LogP contribution in [0, 0.1) is 0 Å². The van der Waals surface area contributed by atoms with E-state index in [-0.39, 0.29) is 11.9 Å². The molecule has 0 spiro atoms. The zero-order valence-corrected chi connectivity index (χ0v) is 14.4. The largest absolute Gasteiger partial charge is 0.496 e. The van der Waals surface area contributed by atoms with Crippen molar-refractivity contribution in [1.29, 1.82) is 0 Å². The number of hydrogen-bond donors (Lipinski definition) is 1. The van der Waals surface area contributed by atoms with Gasteiger partial charge in [0, 0.05) is 37.3 Å². The third-order valence-electron chi connectivity index (χ3n) is 4.05. The monoisotopic (exact) mass is 328 g/mol. The van der Waals surface area contributed by atoms with Crippen molar-refractivity contribution in [3.05, 3.63) is 54.1 Å². The van der Waals surface area contributed by atoms with Crippen LogP contribution in [0.25, 0.3) is 0 Å². The fraction of sp³-hybridized carbons (Fsp3) is 0.389. The molecule has 0 bridgehead atoms. The third kappa shape index (κ3) is 5.03. The van der Waals surface area contributed by atoms with E-state index in [0.717, 1.165) is 17.0 Å². The zero-order chi connectivity index (χ0) is 17.4. The first-order valence-corrected chi connectivity index (χ1v) is 7.96. The molecule has 6 heteroatoms. The number of hydrogen-bond acceptors (Lipinski definition) is 5. The molecule has 0 unspecified atom stereocenters. The fourth-order valence-electron chi connectivity index (χ4n) is 2.38. The Balaban J connectivity index is 1.78. The molecule has 128 valence electrons. The van der Waals surface area contributed by atoms with Crippen molar-refractivity contribution in [3.63, 3.8) is 0 Å². The summed E-state index contributed by atoms with van der Waals surface area (Å²) < 4.78 is 5.28. The summed E-state index contributed by atoms with van der Waals surface area (Å²) in [6.07, 6.45) is 3.70. The molecule has 24 heavy (non-hydrogen) atoms. The molecule has 2 aromatic rings. The van der Waals surface area contributed by atoms with Gasteiger partial charge in [0.15, 0.2) is 0 Å². The minimum Gasteiger partial charge on any atom is -0.496 e. The molecule has 0 aliphatic carbocycles. The number of para-hydroxylation sites is 1. The highest BCUT2D eigenvalue weighted by Gasteiger charge is 2.14. The van der Waals surface area contributed by atoms with Gasteiger partial charge in [-0.2, -0.15) is 0 Å². The van der Waals surface area contributed by atoms with Crippen LogP contribution >= 0.6 is 0 Å². The van der Waals surface area contributed by atoms with Gasteiger partial charge >= 0.3 is 0 Å². The van der Waals surface area contributed by atoms with Crippen molar-refractivity contribution >= 4 is 5.91 Å². The van der Waals surface area contributed by atoms with Crippen molar-refractivity contribution in [1.82, 2.24) is 20.2 Å². The average Bonchev–Trinajstić information content (AvgIpc) is 2.64. The smallest absolute Gasteiger partial charge is 0.221 e. The van der Waals surface area contributed by atoms with Gasteiger partial charge < -0.3 is 10.1 Å². The molecule has 1 heterocycles. The van der Waals surface area contributed by atoms with Crippen LogP contribution in [0.2, 0.25) is 0 Å². The Morgan fingerprint density at radius 2 is 2.12 bits per heavy atom. The topological polar surface area (TPSA) is 67.3 Å². The molecule has 0 radical (unpaired) electrons. The van der Waals surface area contributed by atoms with E-state index in [2.05, 4.69) is 27.1 Å². The lowest BCUT2D eigenvalue weighted by Gasteiger charge is -2.23. The van der Waals surface area contributed by atoms with E-state index < -0.39 is 0 Å². The molecule has 1 amide bonds. The van der Waals surface area contributed by atoms with E-state index in [1.54, 1.807) is 19.6 Å². The van der Waals surface area contributed by atoms with Gasteiger partial charge in [0.1, 0.15) is 12.1 Å². The number of ether oxygens (including phenoxy) is 1. The molecule has 0 saturated heterocycles. The predicted molar refractivity (Wildman–Crippen MR) is 92.5 cm³/mol. The van der Waals surface area contributed by atoms with E-state index in [0.29, 0.717) is 19.5 Å². The summed E-state index contributed by atoms with van der Waals surface area (Å²) in [4.78, 5) is 22.4. The van der Waals surface area contributed by atoms with Crippen LogP contribution in [0.1, 0.15) is 30.6 Å². The second-order valence-electron chi connectivity index (χ2n) is 5.63. The summed E-state index contributed by atoms with van der Waals surface area (Å²) in [6.45, 7) is 3.19. The third-order valence-corrected chi connectivity index (χ3v) is 4.05. The number of methoxy groups -OCH3 is 1. The molecule has 1 aromatic carbocycles. The second-order valence-corrected chi connectivity index (χ2v) is 5.63. The second kappa shape index (κ2) is 8.98. The Hall–Kier alpha value is -2.47. The summed E-state index contributed by atoms with van der Waals surface area (Å²) in [7, 11) is 3.62. The van der Waals surface area contributed by atoms with Gasteiger partial charge in [-0.1, -0.05) is 18.2 Å². The highest BCUT2D eigenvalue weighted by molar-refractivity contribution is 5.76. The molecule has 0 fully saturated rings. The van der Waals surface area contributed by atoms with Gasteiger partial charge in [0.2, 0.25) is 5.91 Å². The Morgan fingerprint density at radius 1 is 1.33 bits per heavy atom. The standard InChI is InChI=1S/C18H24N4O2/c1-14(16-8-10-19-13-21-16)22(2)11-9-18(23)20-12-15-6-4-5-7-17(15)24-3/h4-8,10,13-14H,9,11-12H2,1-3H3,(H,20,23)/t14-/m0/s1. The minimum atomic E-state index is 0.0163. The van der Waals surface area contributed by atoms with E-state index >= 15 is 0 Å². The van der Waals surface area contributed by atoms with Gasteiger partial charge in [-0.15, -0.1) is 0 Å². The maximum Gasteiger partial charge on any atom is 0.221 e. The SMILES string of the molecule is COc1ccccc1CNC(=O)CCN(C)[C@@H](C)c1ccncn1. The first kappa shape index (κ1) is 17.9. The number of nitrogens with one attached hydrogen (secondary N) is 1. The van der Waals surface area contributed by atoms with Crippen molar-refractivity contribution in [2.24, 2.45) is 0 Å². The molecule has 1 aromatic heterocycles. The van der Waals surface area contributed by atoms with E-state index in [4.69, 9.17) is 4.74 Å². The number of rotatable bonds is 8.